The normalized spacial score (nSPS) is 11.8. The highest BCUT2D eigenvalue weighted by atomic mass is 35.5. The minimum Gasteiger partial charge on any atom is -0.481 e. The molecule has 0 aliphatic rings. The van der Waals surface area contributed by atoms with E-state index in [0.29, 0.717) is 10.6 Å². The number of rotatable bonds is 5. The zero-order chi connectivity index (χ0) is 16.3. The molecule has 114 valence electrons. The van der Waals surface area contributed by atoms with Crippen molar-refractivity contribution >= 4 is 34.7 Å². The van der Waals surface area contributed by atoms with E-state index in [9.17, 15) is 14.9 Å². The summed E-state index contributed by atoms with van der Waals surface area (Å²) < 4.78 is 5.49. The van der Waals surface area contributed by atoms with Crippen LogP contribution in [0.4, 0.5) is 5.69 Å². The van der Waals surface area contributed by atoms with Crippen LogP contribution in [0.25, 0.3) is 0 Å². The van der Waals surface area contributed by atoms with Crippen LogP contribution in [-0.2, 0) is 0 Å². The number of non-ortho nitro benzene ring substituents is 1. The van der Waals surface area contributed by atoms with E-state index in [4.69, 9.17) is 27.9 Å². The van der Waals surface area contributed by atoms with E-state index in [2.05, 4.69) is 0 Å². The monoisotopic (exact) mass is 339 g/mol. The van der Waals surface area contributed by atoms with Crippen molar-refractivity contribution in [1.29, 1.82) is 0 Å². The summed E-state index contributed by atoms with van der Waals surface area (Å²) in [7, 11) is 0. The molecular formula is C15H11Cl2NO4. The predicted molar refractivity (Wildman–Crippen MR) is 84.0 cm³/mol. The summed E-state index contributed by atoms with van der Waals surface area (Å²) in [4.78, 5) is 22.3. The second kappa shape index (κ2) is 6.77. The highest BCUT2D eigenvalue weighted by Gasteiger charge is 2.19. The van der Waals surface area contributed by atoms with Crippen LogP contribution < -0.4 is 4.74 Å². The molecule has 2 aromatic rings. The molecule has 0 fully saturated rings. The van der Waals surface area contributed by atoms with E-state index in [0.717, 1.165) is 0 Å². The summed E-state index contributed by atoms with van der Waals surface area (Å²) in [6.07, 6.45) is -0.792. The fraction of sp³-hybridized carbons (Fsp3) is 0.133. The molecule has 2 aromatic carbocycles. The predicted octanol–water partition coefficient (Wildman–Crippen LogP) is 4.55. The average molecular weight is 340 g/mol. The van der Waals surface area contributed by atoms with Crippen LogP contribution in [-0.4, -0.2) is 16.8 Å². The van der Waals surface area contributed by atoms with E-state index >= 15 is 0 Å². The molecule has 0 heterocycles. The fourth-order valence-corrected chi connectivity index (χ4v) is 2.14. The zero-order valence-electron chi connectivity index (χ0n) is 11.5. The molecule has 22 heavy (non-hydrogen) atoms. The van der Waals surface area contributed by atoms with Gasteiger partial charge in [0.2, 0.25) is 5.78 Å². The minimum absolute atomic E-state index is 0.0740. The molecule has 0 unspecified atom stereocenters. The number of Topliss-reactive ketones (excluding diaryl/α,β-unsaturated/α-hetero) is 1. The summed E-state index contributed by atoms with van der Waals surface area (Å²) in [6, 6.07) is 10.2. The maximum Gasteiger partial charge on any atom is 0.271 e. The third-order valence-corrected chi connectivity index (χ3v) is 3.48. The first kappa shape index (κ1) is 16.3. The van der Waals surface area contributed by atoms with Gasteiger partial charge in [-0.1, -0.05) is 23.2 Å². The standard InChI is InChI=1S/C15H11Cl2NO4/c1-9(15(19)10-2-4-11(16)5-3-10)22-14-7-6-12(18(20)21)8-13(14)17/h2-9H,1H3/t9-/m0/s1. The van der Waals surface area contributed by atoms with Crippen molar-refractivity contribution in [3.05, 3.63) is 68.2 Å². The van der Waals surface area contributed by atoms with E-state index < -0.39 is 11.0 Å². The molecule has 0 amide bonds. The molecule has 0 aliphatic carbocycles. The van der Waals surface area contributed by atoms with Crippen LogP contribution in [0.5, 0.6) is 5.75 Å². The maximum absolute atomic E-state index is 12.2. The zero-order valence-corrected chi connectivity index (χ0v) is 13.0. The van der Waals surface area contributed by atoms with Gasteiger partial charge in [-0.2, -0.15) is 0 Å². The quantitative estimate of drug-likeness (QED) is 0.455. The van der Waals surface area contributed by atoms with Gasteiger partial charge >= 0.3 is 0 Å². The number of hydrogen-bond acceptors (Lipinski definition) is 4. The molecular weight excluding hydrogens is 329 g/mol. The largest absolute Gasteiger partial charge is 0.481 e. The van der Waals surface area contributed by atoms with Crippen LogP contribution in [0, 0.1) is 10.1 Å². The first-order valence-corrected chi connectivity index (χ1v) is 7.04. The van der Waals surface area contributed by atoms with Crippen LogP contribution >= 0.6 is 23.2 Å². The molecule has 1 atom stereocenters. The van der Waals surface area contributed by atoms with E-state index in [-0.39, 0.29) is 22.2 Å². The molecule has 0 aromatic heterocycles. The third kappa shape index (κ3) is 3.75. The Hall–Kier alpha value is -2.11. The number of benzene rings is 2. The van der Waals surface area contributed by atoms with Gasteiger partial charge in [0.15, 0.2) is 6.10 Å². The number of hydrogen-bond donors (Lipinski definition) is 0. The number of nitro groups is 1. The Morgan fingerprint density at radius 2 is 1.82 bits per heavy atom. The number of halogens is 2. The number of ketones is 1. The van der Waals surface area contributed by atoms with Crippen LogP contribution in [0.1, 0.15) is 17.3 Å². The lowest BCUT2D eigenvalue weighted by Gasteiger charge is -2.14. The minimum atomic E-state index is -0.792. The summed E-state index contributed by atoms with van der Waals surface area (Å²) >= 11 is 11.7. The fourth-order valence-electron chi connectivity index (χ4n) is 1.79. The lowest BCUT2D eigenvalue weighted by Crippen LogP contribution is -2.24. The number of carbonyl (C=O) groups excluding carboxylic acids is 1. The summed E-state index contributed by atoms with van der Waals surface area (Å²) in [5, 5.41) is 11.3. The van der Waals surface area contributed by atoms with E-state index in [1.165, 1.54) is 18.2 Å². The summed E-state index contributed by atoms with van der Waals surface area (Å²) in [6.45, 7) is 1.58. The molecule has 2 rings (SSSR count). The molecule has 0 N–H and O–H groups in total. The van der Waals surface area contributed by atoms with Crippen molar-refractivity contribution in [2.75, 3.05) is 0 Å². The van der Waals surface area contributed by atoms with Crippen molar-refractivity contribution in [3.63, 3.8) is 0 Å². The van der Waals surface area contributed by atoms with Gasteiger partial charge in [-0.25, -0.2) is 0 Å². The van der Waals surface area contributed by atoms with Crippen molar-refractivity contribution in [2.24, 2.45) is 0 Å². The van der Waals surface area contributed by atoms with Gasteiger partial charge in [-0.3, -0.25) is 14.9 Å². The Balaban J connectivity index is 2.14. The molecule has 0 spiro atoms. The molecule has 5 nitrogen and oxygen atoms in total. The Kier molecular flexibility index (Phi) is 5.00. The summed E-state index contributed by atoms with van der Waals surface area (Å²) in [5.74, 6) is -0.0341. The average Bonchev–Trinajstić information content (AvgIpc) is 2.49. The lowest BCUT2D eigenvalue weighted by molar-refractivity contribution is -0.384. The molecule has 0 aliphatic heterocycles. The van der Waals surface area contributed by atoms with Crippen LogP contribution in [0.15, 0.2) is 42.5 Å². The molecule has 0 saturated carbocycles. The van der Waals surface area contributed by atoms with E-state index in [1.807, 2.05) is 0 Å². The highest BCUT2D eigenvalue weighted by molar-refractivity contribution is 6.32. The Morgan fingerprint density at radius 1 is 1.18 bits per heavy atom. The number of carbonyl (C=O) groups is 1. The van der Waals surface area contributed by atoms with Gasteiger partial charge in [0.25, 0.3) is 5.69 Å². The Labute approximate surface area is 136 Å². The second-order valence-electron chi connectivity index (χ2n) is 4.50. The molecule has 0 bridgehead atoms. The number of nitrogens with zero attached hydrogens (tertiary/aromatic N) is 1. The van der Waals surface area contributed by atoms with Gasteiger partial charge in [-0.05, 0) is 37.3 Å². The Morgan fingerprint density at radius 3 is 2.36 bits per heavy atom. The molecule has 0 saturated heterocycles. The van der Waals surface area contributed by atoms with Crippen molar-refractivity contribution in [2.45, 2.75) is 13.0 Å². The maximum atomic E-state index is 12.2. The molecule has 0 radical (unpaired) electrons. The SMILES string of the molecule is C[C@H](Oc1ccc([N+](=O)[O-])cc1Cl)C(=O)c1ccc(Cl)cc1. The smallest absolute Gasteiger partial charge is 0.271 e. The van der Waals surface area contributed by atoms with Crippen molar-refractivity contribution < 1.29 is 14.5 Å². The van der Waals surface area contributed by atoms with Gasteiger partial charge < -0.3 is 4.74 Å². The topological polar surface area (TPSA) is 69.4 Å². The number of ether oxygens (including phenoxy) is 1. The van der Waals surface area contributed by atoms with Gasteiger partial charge in [0, 0.05) is 22.7 Å². The first-order chi connectivity index (χ1) is 10.4. The van der Waals surface area contributed by atoms with Crippen LogP contribution in [0.3, 0.4) is 0 Å². The van der Waals surface area contributed by atoms with Crippen molar-refractivity contribution in [3.8, 4) is 5.75 Å². The highest BCUT2D eigenvalue weighted by Crippen LogP contribution is 2.29. The van der Waals surface area contributed by atoms with E-state index in [1.54, 1.807) is 31.2 Å². The number of nitro benzene ring substituents is 1. The van der Waals surface area contributed by atoms with Gasteiger partial charge in [-0.15, -0.1) is 0 Å². The van der Waals surface area contributed by atoms with Crippen molar-refractivity contribution in [1.82, 2.24) is 0 Å². The summed E-state index contributed by atoms with van der Waals surface area (Å²) in [5.41, 5.74) is 0.309. The lowest BCUT2D eigenvalue weighted by atomic mass is 10.1. The first-order valence-electron chi connectivity index (χ1n) is 6.29. The molecule has 7 heteroatoms. The van der Waals surface area contributed by atoms with Crippen LogP contribution in [0.2, 0.25) is 10.0 Å². The Bertz CT molecular complexity index is 716. The van der Waals surface area contributed by atoms with Gasteiger partial charge in [0.1, 0.15) is 5.75 Å². The van der Waals surface area contributed by atoms with Gasteiger partial charge in [0.05, 0.1) is 9.95 Å². The second-order valence-corrected chi connectivity index (χ2v) is 5.35. The third-order valence-electron chi connectivity index (χ3n) is 2.93.